The van der Waals surface area contributed by atoms with Crippen LogP contribution in [0.3, 0.4) is 0 Å². The lowest BCUT2D eigenvalue weighted by molar-refractivity contribution is -0.192. The Bertz CT molecular complexity index is 1340. The number of halogens is 3. The SMILES string of the molecule is CCCCCCCCCCCCC[C@@H](OC(=O)[C@H](COCc1ccccc1)NC(=O)[C@@H](NC(=O)[C@@H](N)C(C)C)[C@@H](C)O)[C@H](C)[C@@H](O)[C@@H](C)C(=O)O.O=C(O)C(F)(F)F. The molecule has 0 heterocycles. The van der Waals surface area contributed by atoms with Crippen molar-refractivity contribution in [2.45, 2.75) is 168 Å². The summed E-state index contributed by atoms with van der Waals surface area (Å²) in [7, 11) is 0. The molecule has 0 spiro atoms. The van der Waals surface area contributed by atoms with E-state index < -0.39 is 84.2 Å². The Morgan fingerprint density at radius 2 is 1.28 bits per heavy atom. The molecule has 0 aliphatic heterocycles. The van der Waals surface area contributed by atoms with Crippen molar-refractivity contribution in [3.63, 3.8) is 0 Å². The van der Waals surface area contributed by atoms with Crippen LogP contribution in [0.2, 0.25) is 0 Å². The largest absolute Gasteiger partial charge is 0.490 e. The van der Waals surface area contributed by atoms with E-state index in [1.54, 1.807) is 20.8 Å². The number of carbonyl (C=O) groups is 5. The normalized spacial score (nSPS) is 15.7. The molecule has 14 nitrogen and oxygen atoms in total. The van der Waals surface area contributed by atoms with Gasteiger partial charge in [-0.2, -0.15) is 13.2 Å². The molecule has 17 heteroatoms. The molecule has 58 heavy (non-hydrogen) atoms. The zero-order valence-electron chi connectivity index (χ0n) is 34.8. The van der Waals surface area contributed by atoms with Crippen LogP contribution >= 0.6 is 0 Å². The van der Waals surface area contributed by atoms with E-state index in [1.165, 1.54) is 52.4 Å². The fourth-order valence-electron chi connectivity index (χ4n) is 5.75. The number of nitrogens with one attached hydrogen (secondary N) is 2. The molecule has 334 valence electrons. The summed E-state index contributed by atoms with van der Waals surface area (Å²) in [6, 6.07) is 5.54. The van der Waals surface area contributed by atoms with E-state index in [1.807, 2.05) is 30.3 Å². The van der Waals surface area contributed by atoms with Crippen LogP contribution in [-0.2, 0) is 40.1 Å². The Kier molecular flexibility index (Phi) is 27.5. The van der Waals surface area contributed by atoms with Crippen LogP contribution in [0.1, 0.15) is 124 Å². The van der Waals surface area contributed by atoms with E-state index in [2.05, 4.69) is 17.6 Å². The molecule has 0 fully saturated rings. The predicted octanol–water partition coefficient (Wildman–Crippen LogP) is 5.50. The zero-order chi connectivity index (χ0) is 44.4. The molecule has 0 aliphatic carbocycles. The molecule has 0 bridgehead atoms. The second kappa shape index (κ2) is 29.4. The summed E-state index contributed by atoms with van der Waals surface area (Å²) in [5.41, 5.74) is 6.78. The Morgan fingerprint density at radius 1 is 0.776 bits per heavy atom. The summed E-state index contributed by atoms with van der Waals surface area (Å²) < 4.78 is 43.5. The molecule has 2 amide bonds. The Hall–Kier alpha value is -3.80. The van der Waals surface area contributed by atoms with Crippen molar-refractivity contribution in [2.75, 3.05) is 6.61 Å². The Labute approximate surface area is 340 Å². The first-order chi connectivity index (χ1) is 27.1. The van der Waals surface area contributed by atoms with E-state index in [0.717, 1.165) is 31.2 Å². The summed E-state index contributed by atoms with van der Waals surface area (Å²) in [4.78, 5) is 60.5. The molecule has 8 atom stereocenters. The molecule has 0 saturated heterocycles. The van der Waals surface area contributed by atoms with E-state index in [0.29, 0.717) is 12.8 Å². The number of aliphatic hydroxyl groups is 2. The summed E-state index contributed by atoms with van der Waals surface area (Å²) in [5.74, 6) is -8.30. The van der Waals surface area contributed by atoms with Gasteiger partial charge in [0.05, 0.1) is 37.4 Å². The fraction of sp³-hybridized carbons (Fsp3) is 0.732. The monoisotopic (exact) mass is 835 g/mol. The quantitative estimate of drug-likeness (QED) is 0.0410. The molecule has 1 aromatic rings. The second-order valence-corrected chi connectivity index (χ2v) is 15.1. The lowest BCUT2D eigenvalue weighted by Gasteiger charge is -2.31. The highest BCUT2D eigenvalue weighted by Gasteiger charge is 2.39. The third-order valence-corrected chi connectivity index (χ3v) is 9.71. The summed E-state index contributed by atoms with van der Waals surface area (Å²) >= 11 is 0. The second-order valence-electron chi connectivity index (χ2n) is 15.1. The van der Waals surface area contributed by atoms with Crippen molar-refractivity contribution in [3.8, 4) is 0 Å². The summed E-state index contributed by atoms with van der Waals surface area (Å²) in [6.07, 6.45) is 4.23. The minimum Gasteiger partial charge on any atom is -0.481 e. The van der Waals surface area contributed by atoms with E-state index in [4.69, 9.17) is 25.1 Å². The first kappa shape index (κ1) is 54.2. The summed E-state index contributed by atoms with van der Waals surface area (Å²) in [5, 5.41) is 43.1. The lowest BCUT2D eigenvalue weighted by Crippen LogP contribution is -2.59. The van der Waals surface area contributed by atoms with Gasteiger partial charge >= 0.3 is 24.1 Å². The maximum absolute atomic E-state index is 13.8. The number of aliphatic carboxylic acids is 2. The number of benzene rings is 1. The highest BCUT2D eigenvalue weighted by atomic mass is 19.4. The standard InChI is InChI=1S/C39H67N3O9.C2HF3O2/c1-7-8-9-10-11-12-13-14-15-16-20-23-32(27(4)35(44)28(5)38(47)48)51-39(49)31(25-50-24-30-21-18-17-19-22-30)41-37(46)34(29(6)43)42-36(45)33(40)26(2)3;3-2(4,5)1(6)7/h17-19,21-22,26-29,31-35,43-44H,7-16,20,23-25,40H2,1-6H3,(H,41,46)(H,42,45)(H,47,48);(H,6,7)/t27-,28+,29+,31-,32+,33-,34-,35+;/m0./s1. The van der Waals surface area contributed by atoms with Crippen molar-refractivity contribution >= 4 is 29.7 Å². The number of unbranched alkanes of at least 4 members (excludes halogenated alkanes) is 10. The average molecular weight is 836 g/mol. The maximum Gasteiger partial charge on any atom is 0.490 e. The zero-order valence-corrected chi connectivity index (χ0v) is 34.8. The molecule has 0 aromatic heterocycles. The van der Waals surface area contributed by atoms with Crippen LogP contribution in [0.25, 0.3) is 0 Å². The van der Waals surface area contributed by atoms with Crippen LogP contribution < -0.4 is 16.4 Å². The number of esters is 1. The minimum absolute atomic E-state index is 0.133. The number of amides is 2. The Morgan fingerprint density at radius 3 is 1.72 bits per heavy atom. The first-order valence-corrected chi connectivity index (χ1v) is 20.2. The first-order valence-electron chi connectivity index (χ1n) is 20.2. The van der Waals surface area contributed by atoms with Crippen LogP contribution in [0.5, 0.6) is 0 Å². The molecule has 0 radical (unpaired) electrons. The van der Waals surface area contributed by atoms with Gasteiger partial charge in [-0.3, -0.25) is 14.4 Å². The molecule has 0 aliphatic rings. The molecule has 0 saturated carbocycles. The predicted molar refractivity (Wildman–Crippen MR) is 211 cm³/mol. The van der Waals surface area contributed by atoms with E-state index in [-0.39, 0.29) is 19.1 Å². The number of carboxylic acids is 2. The van der Waals surface area contributed by atoms with Crippen molar-refractivity contribution in [2.24, 2.45) is 23.5 Å². The van der Waals surface area contributed by atoms with Gasteiger partial charge in [-0.05, 0) is 38.2 Å². The van der Waals surface area contributed by atoms with Crippen molar-refractivity contribution in [1.29, 1.82) is 0 Å². The Balaban J connectivity index is 0.00000422. The van der Waals surface area contributed by atoms with Gasteiger partial charge in [0, 0.05) is 5.92 Å². The van der Waals surface area contributed by atoms with Gasteiger partial charge < -0.3 is 46.3 Å². The highest BCUT2D eigenvalue weighted by molar-refractivity contribution is 5.92. The number of hydrogen-bond donors (Lipinski definition) is 7. The molecule has 1 aromatic carbocycles. The average Bonchev–Trinajstić information content (AvgIpc) is 3.16. The van der Waals surface area contributed by atoms with Gasteiger partial charge in [0.1, 0.15) is 12.1 Å². The number of carboxylic acid groups (broad SMARTS) is 2. The van der Waals surface area contributed by atoms with Crippen LogP contribution in [0.15, 0.2) is 30.3 Å². The minimum atomic E-state index is -5.08. The van der Waals surface area contributed by atoms with Crippen molar-refractivity contribution in [3.05, 3.63) is 35.9 Å². The fourth-order valence-corrected chi connectivity index (χ4v) is 5.75. The molecule has 1 rings (SSSR count). The smallest absolute Gasteiger partial charge is 0.481 e. The van der Waals surface area contributed by atoms with Crippen molar-refractivity contribution in [1.82, 2.24) is 10.6 Å². The number of alkyl halides is 3. The van der Waals surface area contributed by atoms with Gasteiger partial charge in [-0.15, -0.1) is 0 Å². The molecular formula is C41H68F3N3O11. The maximum atomic E-state index is 13.8. The van der Waals surface area contributed by atoms with Crippen LogP contribution in [-0.4, -0.2) is 99.4 Å². The van der Waals surface area contributed by atoms with E-state index >= 15 is 0 Å². The van der Waals surface area contributed by atoms with Crippen LogP contribution in [0, 0.1) is 17.8 Å². The third kappa shape index (κ3) is 23.0. The molecule has 0 unspecified atom stereocenters. The number of aliphatic hydroxyl groups excluding tert-OH is 2. The van der Waals surface area contributed by atoms with Gasteiger partial charge in [0.25, 0.3) is 0 Å². The summed E-state index contributed by atoms with van der Waals surface area (Å²) in [6.45, 7) is 9.94. The van der Waals surface area contributed by atoms with Gasteiger partial charge in [0.15, 0.2) is 6.04 Å². The highest BCUT2D eigenvalue weighted by Crippen LogP contribution is 2.25. The molecule has 8 N–H and O–H groups in total. The van der Waals surface area contributed by atoms with Gasteiger partial charge in [-0.25, -0.2) is 9.59 Å². The topological polar surface area (TPSA) is 235 Å². The van der Waals surface area contributed by atoms with Gasteiger partial charge in [-0.1, -0.05) is 122 Å². The number of hydrogen-bond acceptors (Lipinski definition) is 10. The van der Waals surface area contributed by atoms with Crippen molar-refractivity contribution < 1.29 is 67.0 Å². The van der Waals surface area contributed by atoms with E-state index in [9.17, 15) is 47.7 Å². The number of ether oxygens (including phenoxy) is 2. The lowest BCUT2D eigenvalue weighted by atomic mass is 9.87. The number of nitrogens with two attached hydrogens (primary N) is 1. The third-order valence-electron chi connectivity index (χ3n) is 9.71. The van der Waals surface area contributed by atoms with Gasteiger partial charge in [0.2, 0.25) is 11.8 Å². The molecular weight excluding hydrogens is 767 g/mol. The number of rotatable bonds is 28. The van der Waals surface area contributed by atoms with Crippen LogP contribution in [0.4, 0.5) is 13.2 Å². The number of carbonyl (C=O) groups excluding carboxylic acids is 3.